The van der Waals surface area contributed by atoms with Crippen molar-refractivity contribution < 1.29 is 8.42 Å². The van der Waals surface area contributed by atoms with Gasteiger partial charge < -0.3 is 0 Å². The van der Waals surface area contributed by atoms with Gasteiger partial charge >= 0.3 is 10.2 Å². The summed E-state index contributed by atoms with van der Waals surface area (Å²) in [7, 11) is -0.518. The maximum absolute atomic E-state index is 11.7. The van der Waals surface area contributed by atoms with E-state index in [1.54, 1.807) is 6.07 Å². The Labute approximate surface area is 90.9 Å². The Bertz CT molecular complexity index is 440. The van der Waals surface area contributed by atoms with Gasteiger partial charge in [-0.3, -0.25) is 0 Å². The van der Waals surface area contributed by atoms with Crippen LogP contribution in [-0.4, -0.2) is 36.0 Å². The second kappa shape index (κ2) is 3.61. The van der Waals surface area contributed by atoms with E-state index in [1.807, 2.05) is 20.8 Å². The average molecular weight is 231 g/mol. The monoisotopic (exact) mass is 231 g/mol. The van der Waals surface area contributed by atoms with Crippen LogP contribution in [0.4, 0.5) is 0 Å². The highest BCUT2D eigenvalue weighted by Crippen LogP contribution is 2.20. The minimum absolute atomic E-state index is 0.146. The van der Waals surface area contributed by atoms with E-state index >= 15 is 0 Å². The summed E-state index contributed by atoms with van der Waals surface area (Å²) in [6.07, 6.45) is 1.47. The SMILES string of the molecule is CN(C)S(=O)(=O)n1ccc(C(C)(C)C)n1. The number of rotatable bonds is 2. The molecule has 0 amide bonds. The van der Waals surface area contributed by atoms with Crippen LogP contribution < -0.4 is 0 Å². The lowest BCUT2D eigenvalue weighted by atomic mass is 9.93. The van der Waals surface area contributed by atoms with E-state index in [9.17, 15) is 8.42 Å². The molecule has 5 nitrogen and oxygen atoms in total. The van der Waals surface area contributed by atoms with Crippen LogP contribution in [0.25, 0.3) is 0 Å². The molecular weight excluding hydrogens is 214 g/mol. The van der Waals surface area contributed by atoms with Gasteiger partial charge in [0.25, 0.3) is 0 Å². The Morgan fingerprint density at radius 3 is 2.20 bits per heavy atom. The van der Waals surface area contributed by atoms with E-state index in [-0.39, 0.29) is 5.41 Å². The summed E-state index contributed by atoms with van der Waals surface area (Å²) in [6, 6.07) is 1.72. The van der Waals surface area contributed by atoms with Crippen molar-refractivity contribution in [1.29, 1.82) is 0 Å². The molecule has 1 heterocycles. The lowest BCUT2D eigenvalue weighted by Gasteiger charge is -2.15. The van der Waals surface area contributed by atoms with Crippen LogP contribution in [0.15, 0.2) is 12.3 Å². The zero-order valence-corrected chi connectivity index (χ0v) is 10.5. The third kappa shape index (κ3) is 2.38. The Morgan fingerprint density at radius 2 is 1.87 bits per heavy atom. The molecule has 0 atom stereocenters. The predicted molar refractivity (Wildman–Crippen MR) is 58.9 cm³/mol. The van der Waals surface area contributed by atoms with Crippen LogP contribution >= 0.6 is 0 Å². The quantitative estimate of drug-likeness (QED) is 0.757. The summed E-state index contributed by atoms with van der Waals surface area (Å²) in [4.78, 5) is 0. The third-order valence-electron chi connectivity index (χ3n) is 2.03. The molecule has 0 fully saturated rings. The van der Waals surface area contributed by atoms with Gasteiger partial charge in [-0.1, -0.05) is 20.8 Å². The summed E-state index contributed by atoms with van der Waals surface area (Å²) in [5, 5.41) is 4.06. The van der Waals surface area contributed by atoms with Crippen molar-refractivity contribution in [2.24, 2.45) is 0 Å². The zero-order valence-electron chi connectivity index (χ0n) is 9.72. The summed E-state index contributed by atoms with van der Waals surface area (Å²) >= 11 is 0. The predicted octanol–water partition coefficient (Wildman–Crippen LogP) is 0.835. The van der Waals surface area contributed by atoms with Crippen LogP contribution in [-0.2, 0) is 15.6 Å². The van der Waals surface area contributed by atoms with Crippen molar-refractivity contribution >= 4 is 10.2 Å². The molecule has 0 unspecified atom stereocenters. The lowest BCUT2D eigenvalue weighted by Crippen LogP contribution is -2.29. The molecule has 0 aliphatic carbocycles. The molecular formula is C9H17N3O2S. The van der Waals surface area contributed by atoms with Crippen molar-refractivity contribution in [1.82, 2.24) is 13.5 Å². The van der Waals surface area contributed by atoms with Gasteiger partial charge in [0.05, 0.1) is 5.69 Å². The van der Waals surface area contributed by atoms with Crippen LogP contribution in [0.3, 0.4) is 0 Å². The van der Waals surface area contributed by atoms with Crippen LogP contribution in [0, 0.1) is 0 Å². The van der Waals surface area contributed by atoms with Crippen molar-refractivity contribution in [3.63, 3.8) is 0 Å². The fraction of sp³-hybridized carbons (Fsp3) is 0.667. The first-order valence-electron chi connectivity index (χ1n) is 4.65. The molecule has 86 valence electrons. The molecule has 1 aromatic rings. The molecule has 0 aliphatic heterocycles. The van der Waals surface area contributed by atoms with Gasteiger partial charge in [0.2, 0.25) is 0 Å². The molecule has 0 radical (unpaired) electrons. The van der Waals surface area contributed by atoms with Crippen molar-refractivity contribution in [3.05, 3.63) is 18.0 Å². The minimum Gasteiger partial charge on any atom is -0.189 e. The second-order valence-electron chi connectivity index (χ2n) is 4.61. The van der Waals surface area contributed by atoms with E-state index in [4.69, 9.17) is 0 Å². The molecule has 1 aromatic heterocycles. The molecule has 0 aromatic carbocycles. The van der Waals surface area contributed by atoms with Crippen LogP contribution in [0.2, 0.25) is 0 Å². The highest BCUT2D eigenvalue weighted by atomic mass is 32.2. The fourth-order valence-electron chi connectivity index (χ4n) is 1.00. The Hall–Kier alpha value is -0.880. The number of aromatic nitrogens is 2. The molecule has 15 heavy (non-hydrogen) atoms. The number of nitrogens with zero attached hydrogens (tertiary/aromatic N) is 3. The van der Waals surface area contributed by atoms with Crippen LogP contribution in [0.5, 0.6) is 0 Å². The third-order valence-corrected chi connectivity index (χ3v) is 3.63. The topological polar surface area (TPSA) is 55.2 Å². The zero-order chi connectivity index (χ0) is 11.9. The van der Waals surface area contributed by atoms with E-state index < -0.39 is 10.2 Å². The van der Waals surface area contributed by atoms with Gasteiger partial charge in [0, 0.05) is 25.7 Å². The van der Waals surface area contributed by atoms with E-state index in [0.717, 1.165) is 14.1 Å². The summed E-state index contributed by atoms with van der Waals surface area (Å²) < 4.78 is 25.5. The first kappa shape index (κ1) is 12.2. The molecule has 6 heteroatoms. The number of hydrogen-bond donors (Lipinski definition) is 0. The van der Waals surface area contributed by atoms with Gasteiger partial charge in [-0.2, -0.15) is 21.9 Å². The summed E-state index contributed by atoms with van der Waals surface area (Å²) in [5.41, 5.74) is 0.612. The molecule has 0 aliphatic rings. The summed E-state index contributed by atoms with van der Waals surface area (Å²) in [6.45, 7) is 5.96. The molecule has 0 saturated heterocycles. The first-order valence-corrected chi connectivity index (χ1v) is 6.04. The van der Waals surface area contributed by atoms with Crippen molar-refractivity contribution in [2.75, 3.05) is 14.1 Å². The van der Waals surface area contributed by atoms with Crippen molar-refractivity contribution in [3.8, 4) is 0 Å². The Morgan fingerprint density at radius 1 is 1.33 bits per heavy atom. The van der Waals surface area contributed by atoms with E-state index in [1.165, 1.54) is 20.3 Å². The first-order chi connectivity index (χ1) is 6.65. The molecule has 0 bridgehead atoms. The fourth-order valence-corrected chi connectivity index (χ4v) is 1.74. The average Bonchev–Trinajstić information content (AvgIpc) is 2.50. The van der Waals surface area contributed by atoms with E-state index in [0.29, 0.717) is 0 Å². The maximum Gasteiger partial charge on any atom is 0.322 e. The van der Waals surface area contributed by atoms with E-state index in [2.05, 4.69) is 5.10 Å². The largest absolute Gasteiger partial charge is 0.322 e. The van der Waals surface area contributed by atoms with Gasteiger partial charge in [-0.15, -0.1) is 0 Å². The van der Waals surface area contributed by atoms with Crippen LogP contribution in [0.1, 0.15) is 26.5 Å². The summed E-state index contributed by atoms with van der Waals surface area (Å²) in [5.74, 6) is 0. The van der Waals surface area contributed by atoms with Gasteiger partial charge in [-0.05, 0) is 6.07 Å². The standard InChI is InChI=1S/C9H17N3O2S/c1-9(2,3)8-6-7-12(10-8)15(13,14)11(4)5/h6-7H,1-5H3. The van der Waals surface area contributed by atoms with Gasteiger partial charge in [0.15, 0.2) is 0 Å². The lowest BCUT2D eigenvalue weighted by molar-refractivity contribution is 0.498. The molecule has 1 rings (SSSR count). The molecule has 0 N–H and O–H groups in total. The van der Waals surface area contributed by atoms with Crippen molar-refractivity contribution in [2.45, 2.75) is 26.2 Å². The molecule has 0 saturated carbocycles. The maximum atomic E-state index is 11.7. The second-order valence-corrected chi connectivity index (χ2v) is 6.61. The highest BCUT2D eigenvalue weighted by molar-refractivity contribution is 7.87. The minimum atomic E-state index is -3.48. The Kier molecular flexibility index (Phi) is 2.93. The molecule has 0 spiro atoms. The van der Waals surface area contributed by atoms with Gasteiger partial charge in [0.1, 0.15) is 0 Å². The normalized spacial score (nSPS) is 13.5. The number of hydrogen-bond acceptors (Lipinski definition) is 3. The van der Waals surface area contributed by atoms with Gasteiger partial charge in [-0.25, -0.2) is 0 Å². The Balaban J connectivity index is 3.16. The highest BCUT2D eigenvalue weighted by Gasteiger charge is 2.22. The smallest absolute Gasteiger partial charge is 0.189 e.